The van der Waals surface area contributed by atoms with Gasteiger partial charge in [-0.05, 0) is 48.4 Å². The van der Waals surface area contributed by atoms with E-state index in [1.807, 2.05) is 10.6 Å². The molecule has 0 aliphatic carbocycles. The van der Waals surface area contributed by atoms with E-state index in [2.05, 4.69) is 19.9 Å². The van der Waals surface area contributed by atoms with Gasteiger partial charge in [-0.25, -0.2) is 24.1 Å². The molecule has 5 aromatic rings. The van der Waals surface area contributed by atoms with Gasteiger partial charge in [0.25, 0.3) is 0 Å². The van der Waals surface area contributed by atoms with Gasteiger partial charge >= 0.3 is 5.97 Å². The van der Waals surface area contributed by atoms with E-state index in [0.29, 0.717) is 64.1 Å². The number of carboxylic acid groups (broad SMARTS) is 1. The van der Waals surface area contributed by atoms with E-state index < -0.39 is 11.8 Å². The van der Waals surface area contributed by atoms with Gasteiger partial charge in [0.2, 0.25) is 5.88 Å². The Morgan fingerprint density at radius 1 is 1.15 bits per heavy atom. The Morgan fingerprint density at radius 2 is 2.02 bits per heavy atom. The van der Waals surface area contributed by atoms with Crippen molar-refractivity contribution >= 4 is 17.1 Å². The number of carbonyl (C=O) groups is 1. The summed E-state index contributed by atoms with van der Waals surface area (Å²) in [5.41, 5.74) is 3.56. The van der Waals surface area contributed by atoms with Crippen molar-refractivity contribution in [1.82, 2.24) is 24.5 Å². The number of hydrogen-bond acceptors (Lipinski definition) is 8. The zero-order valence-electron chi connectivity index (χ0n) is 21.7. The van der Waals surface area contributed by atoms with Gasteiger partial charge in [0, 0.05) is 30.9 Å². The normalized spacial score (nSPS) is 14.4. The molecule has 1 atom stereocenters. The Kier molecular flexibility index (Phi) is 7.06. The van der Waals surface area contributed by atoms with E-state index in [4.69, 9.17) is 14.7 Å². The highest BCUT2D eigenvalue weighted by molar-refractivity contribution is 5.88. The maximum atomic E-state index is 15.4. The van der Waals surface area contributed by atoms with Crippen molar-refractivity contribution in [3.63, 3.8) is 0 Å². The number of rotatable bonds is 9. The Bertz CT molecular complexity index is 1790. The lowest BCUT2D eigenvalue weighted by Gasteiger charge is -2.27. The summed E-state index contributed by atoms with van der Waals surface area (Å²) in [6.45, 7) is 1.30. The van der Waals surface area contributed by atoms with Gasteiger partial charge < -0.3 is 19.1 Å². The summed E-state index contributed by atoms with van der Waals surface area (Å²) < 4.78 is 28.6. The molecule has 1 aliphatic heterocycles. The van der Waals surface area contributed by atoms with Crippen LogP contribution in [0.3, 0.4) is 0 Å². The number of ether oxygens (including phenoxy) is 2. The van der Waals surface area contributed by atoms with Gasteiger partial charge in [-0.2, -0.15) is 5.26 Å². The quantitative estimate of drug-likeness (QED) is 0.280. The molecule has 0 saturated carbocycles. The second-order valence-corrected chi connectivity index (χ2v) is 9.55. The molecule has 204 valence electrons. The minimum atomic E-state index is -1.13. The van der Waals surface area contributed by atoms with Crippen LogP contribution in [0.15, 0.2) is 66.9 Å². The number of halogens is 1. The monoisotopic (exact) mass is 550 g/mol. The molecular weight excluding hydrogens is 527 g/mol. The van der Waals surface area contributed by atoms with E-state index in [1.54, 1.807) is 48.5 Å². The molecule has 1 fully saturated rings. The first kappa shape index (κ1) is 26.0. The highest BCUT2D eigenvalue weighted by Gasteiger charge is 2.23. The third-order valence-corrected chi connectivity index (χ3v) is 6.81. The number of fused-ring (bicyclic) bond motifs is 1. The molecule has 11 heteroatoms. The fourth-order valence-corrected chi connectivity index (χ4v) is 4.53. The third-order valence-electron chi connectivity index (χ3n) is 6.81. The highest BCUT2D eigenvalue weighted by atomic mass is 19.1. The van der Waals surface area contributed by atoms with Crippen LogP contribution in [0.1, 0.15) is 39.6 Å². The maximum absolute atomic E-state index is 15.4. The molecule has 1 aliphatic rings. The largest absolute Gasteiger partial charge is 0.477 e. The van der Waals surface area contributed by atoms with E-state index >= 15 is 4.39 Å². The molecule has 6 rings (SSSR count). The number of hydrogen-bond donors (Lipinski definition) is 1. The van der Waals surface area contributed by atoms with Crippen molar-refractivity contribution in [2.24, 2.45) is 0 Å². The number of nitrogens with zero attached hydrogens (tertiary/aromatic N) is 6. The Balaban J connectivity index is 1.22. The first-order valence-corrected chi connectivity index (χ1v) is 12.9. The molecule has 0 bridgehead atoms. The summed E-state index contributed by atoms with van der Waals surface area (Å²) in [6, 6.07) is 18.6. The average molecular weight is 551 g/mol. The van der Waals surface area contributed by atoms with Crippen molar-refractivity contribution in [3.05, 3.63) is 101 Å². The van der Waals surface area contributed by atoms with Crippen LogP contribution in [0.25, 0.3) is 22.4 Å². The van der Waals surface area contributed by atoms with Crippen LogP contribution in [-0.4, -0.2) is 48.3 Å². The van der Waals surface area contributed by atoms with Crippen molar-refractivity contribution in [3.8, 4) is 23.2 Å². The molecular formula is C30H23FN6O4. The number of benzene rings is 1. The molecule has 10 nitrogen and oxygen atoms in total. The minimum absolute atomic E-state index is 0.0260. The van der Waals surface area contributed by atoms with Crippen LogP contribution in [-0.2, 0) is 24.3 Å². The van der Waals surface area contributed by atoms with Crippen molar-refractivity contribution in [2.75, 3.05) is 6.61 Å². The van der Waals surface area contributed by atoms with Crippen LogP contribution in [0.4, 0.5) is 4.39 Å². The van der Waals surface area contributed by atoms with Gasteiger partial charge in [0.15, 0.2) is 11.3 Å². The smallest absolute Gasteiger partial charge is 0.354 e. The van der Waals surface area contributed by atoms with E-state index in [-0.39, 0.29) is 24.8 Å². The molecule has 0 spiro atoms. The van der Waals surface area contributed by atoms with E-state index in [0.717, 1.165) is 6.42 Å². The molecule has 1 N–H and O–H groups in total. The van der Waals surface area contributed by atoms with Crippen LogP contribution >= 0.6 is 0 Å². The molecule has 1 aromatic carbocycles. The Labute approximate surface area is 233 Å². The van der Waals surface area contributed by atoms with Crippen LogP contribution < -0.4 is 4.74 Å². The average Bonchev–Trinajstić information content (AvgIpc) is 3.31. The summed E-state index contributed by atoms with van der Waals surface area (Å²) in [5.74, 6) is -0.618. The van der Waals surface area contributed by atoms with Gasteiger partial charge in [-0.1, -0.05) is 18.2 Å². The molecule has 0 radical (unpaired) electrons. The molecule has 4 aromatic heterocycles. The fraction of sp³-hybridized carbons (Fsp3) is 0.200. The number of aromatic carboxylic acids is 1. The lowest BCUT2D eigenvalue weighted by atomic mass is 10.1. The topological polar surface area (TPSA) is 136 Å². The van der Waals surface area contributed by atoms with Crippen molar-refractivity contribution < 1.29 is 23.8 Å². The van der Waals surface area contributed by atoms with Crippen LogP contribution in [0.2, 0.25) is 0 Å². The van der Waals surface area contributed by atoms with Crippen LogP contribution in [0, 0.1) is 17.1 Å². The summed E-state index contributed by atoms with van der Waals surface area (Å²) in [6.07, 6.45) is 2.51. The predicted octanol–water partition coefficient (Wildman–Crippen LogP) is 4.56. The zero-order chi connectivity index (χ0) is 28.3. The Hall–Kier alpha value is -5.21. The van der Waals surface area contributed by atoms with Crippen molar-refractivity contribution in [1.29, 1.82) is 5.26 Å². The molecule has 0 amide bonds. The standard InChI is InChI=1S/C30H23FN6O4/c31-23-12-20(24-2-1-3-28(35-24)41-17-21-7-4-18(14-32)15-33-21)6-5-19(23)13-27-34-25-8-9-26(30(38)39)36-29(25)37(27)16-22-10-11-40-22/h1-9,12,15,22H,10-11,13,16-17H2,(H,38,39)/t22-/m0/s1. The zero-order valence-corrected chi connectivity index (χ0v) is 21.7. The number of pyridine rings is 3. The first-order valence-electron chi connectivity index (χ1n) is 12.9. The van der Waals surface area contributed by atoms with Crippen LogP contribution in [0.5, 0.6) is 5.88 Å². The summed E-state index contributed by atoms with van der Waals surface area (Å²) >= 11 is 0. The maximum Gasteiger partial charge on any atom is 0.354 e. The van der Waals surface area contributed by atoms with Gasteiger partial charge in [-0.15, -0.1) is 0 Å². The lowest BCUT2D eigenvalue weighted by Crippen LogP contribution is -2.32. The second kappa shape index (κ2) is 11.1. The number of imidazole rings is 1. The van der Waals surface area contributed by atoms with E-state index in [1.165, 1.54) is 18.3 Å². The van der Waals surface area contributed by atoms with Gasteiger partial charge in [0.05, 0.1) is 29.6 Å². The van der Waals surface area contributed by atoms with Gasteiger partial charge in [-0.3, -0.25) is 4.98 Å². The predicted molar refractivity (Wildman–Crippen MR) is 145 cm³/mol. The summed E-state index contributed by atoms with van der Waals surface area (Å²) in [5, 5.41) is 18.3. The van der Waals surface area contributed by atoms with Crippen molar-refractivity contribution in [2.45, 2.75) is 32.1 Å². The minimum Gasteiger partial charge on any atom is -0.477 e. The summed E-state index contributed by atoms with van der Waals surface area (Å²) in [7, 11) is 0. The number of aromatic nitrogens is 5. The number of nitriles is 1. The number of carboxylic acids is 1. The van der Waals surface area contributed by atoms with Gasteiger partial charge in [0.1, 0.15) is 29.8 Å². The Morgan fingerprint density at radius 3 is 2.73 bits per heavy atom. The SMILES string of the molecule is N#Cc1ccc(COc2cccc(-c3ccc(Cc4nc5ccc(C(=O)O)nc5n4C[C@@H]4CCO4)c(F)c3)n2)nc1. The lowest BCUT2D eigenvalue weighted by molar-refractivity contribution is -0.0590. The molecule has 41 heavy (non-hydrogen) atoms. The molecule has 1 saturated heterocycles. The second-order valence-electron chi connectivity index (χ2n) is 9.55. The molecule has 0 unspecified atom stereocenters. The summed E-state index contributed by atoms with van der Waals surface area (Å²) in [4.78, 5) is 29.1. The fourth-order valence-electron chi connectivity index (χ4n) is 4.53. The van der Waals surface area contributed by atoms with E-state index in [9.17, 15) is 9.90 Å². The first-order chi connectivity index (χ1) is 20.0. The third kappa shape index (κ3) is 5.59. The molecule has 5 heterocycles. The highest BCUT2D eigenvalue weighted by Crippen LogP contribution is 2.26.